The summed E-state index contributed by atoms with van der Waals surface area (Å²) in [5, 5.41) is 5.08. The molecule has 1 atom stereocenters. The smallest absolute Gasteiger partial charge is 0.236 e. The molecule has 0 spiro atoms. The van der Waals surface area contributed by atoms with Gasteiger partial charge in [0.25, 0.3) is 0 Å². The van der Waals surface area contributed by atoms with Crippen molar-refractivity contribution in [2.24, 2.45) is 0 Å². The Bertz CT molecular complexity index is 810. The van der Waals surface area contributed by atoms with Gasteiger partial charge in [-0.15, -0.1) is 23.1 Å². The molecule has 0 radical (unpaired) electrons. The van der Waals surface area contributed by atoms with Crippen molar-refractivity contribution in [2.75, 3.05) is 23.4 Å². The maximum atomic E-state index is 13.0. The predicted molar refractivity (Wildman–Crippen MR) is 113 cm³/mol. The zero-order chi connectivity index (χ0) is 19.9. The summed E-state index contributed by atoms with van der Waals surface area (Å²) in [4.78, 5) is 30.9. The van der Waals surface area contributed by atoms with Gasteiger partial charge in [0.15, 0.2) is 5.13 Å². The van der Waals surface area contributed by atoms with Crippen LogP contribution in [0.2, 0.25) is 0 Å². The molecule has 2 heterocycles. The predicted octanol–water partition coefficient (Wildman–Crippen LogP) is 4.41. The van der Waals surface area contributed by atoms with Gasteiger partial charge in [-0.3, -0.25) is 9.59 Å². The minimum Gasteiger partial charge on any atom is -0.339 e. The number of nitrogens with zero attached hydrogens (tertiary/aromatic N) is 2. The first-order valence-electron chi connectivity index (χ1n) is 9.45. The number of amides is 2. The van der Waals surface area contributed by atoms with Crippen LogP contribution in [0.25, 0.3) is 11.3 Å². The lowest BCUT2D eigenvalue weighted by atomic mass is 10.0. The third-order valence-electron chi connectivity index (χ3n) is 4.77. The van der Waals surface area contributed by atoms with E-state index in [0.29, 0.717) is 22.6 Å². The summed E-state index contributed by atoms with van der Waals surface area (Å²) in [7, 11) is 0. The summed E-state index contributed by atoms with van der Waals surface area (Å²) >= 11 is 2.65. The number of likely N-dealkylation sites (tertiary alicyclic amines) is 1. The average Bonchev–Trinajstić information content (AvgIpc) is 3.16. The topological polar surface area (TPSA) is 62.3 Å². The number of hydrogen-bond donors (Lipinski definition) is 1. The summed E-state index contributed by atoms with van der Waals surface area (Å²) in [6, 6.07) is 6.41. The van der Waals surface area contributed by atoms with E-state index >= 15 is 0 Å². The fourth-order valence-corrected chi connectivity index (χ4v) is 4.74. The molecule has 0 aliphatic carbocycles. The lowest BCUT2D eigenvalue weighted by molar-refractivity contribution is -0.132. The second-order valence-electron chi connectivity index (χ2n) is 6.73. The Hall–Kier alpha value is -1.93. The number of hydrogen-bond acceptors (Lipinski definition) is 5. The van der Waals surface area contributed by atoms with Gasteiger partial charge in [0.1, 0.15) is 5.82 Å². The van der Waals surface area contributed by atoms with Crippen LogP contribution in [0.4, 0.5) is 9.52 Å². The van der Waals surface area contributed by atoms with E-state index in [1.54, 1.807) is 12.1 Å². The molecule has 5 nitrogen and oxygen atoms in total. The number of aromatic nitrogens is 1. The van der Waals surface area contributed by atoms with E-state index < -0.39 is 0 Å². The lowest BCUT2D eigenvalue weighted by Crippen LogP contribution is -2.44. The Morgan fingerprint density at radius 3 is 2.82 bits per heavy atom. The van der Waals surface area contributed by atoms with Crippen LogP contribution in [0, 0.1) is 5.82 Å². The van der Waals surface area contributed by atoms with Gasteiger partial charge in [-0.2, -0.15) is 0 Å². The lowest BCUT2D eigenvalue weighted by Gasteiger charge is -2.35. The molecule has 1 fully saturated rings. The van der Waals surface area contributed by atoms with Crippen molar-refractivity contribution in [3.05, 3.63) is 35.5 Å². The number of carbonyl (C=O) groups excluding carboxylic acids is 2. The quantitative estimate of drug-likeness (QED) is 0.719. The molecular formula is C20H24FN3O2S2. The fraction of sp³-hybridized carbons (Fsp3) is 0.450. The van der Waals surface area contributed by atoms with Crippen LogP contribution in [0.3, 0.4) is 0 Å². The Labute approximate surface area is 172 Å². The highest BCUT2D eigenvalue weighted by Gasteiger charge is 2.25. The SMILES string of the molecule is CC[C@H]1CCCCN1C(=O)CSCC(=O)Nc1nc(-c2ccc(F)cc2)cs1. The summed E-state index contributed by atoms with van der Waals surface area (Å²) < 4.78 is 13.0. The molecule has 0 unspecified atom stereocenters. The molecular weight excluding hydrogens is 397 g/mol. The molecule has 1 aliphatic rings. The van der Waals surface area contributed by atoms with Crippen molar-refractivity contribution in [2.45, 2.75) is 38.6 Å². The Balaban J connectivity index is 1.44. The van der Waals surface area contributed by atoms with Crippen LogP contribution in [0.15, 0.2) is 29.6 Å². The van der Waals surface area contributed by atoms with Gasteiger partial charge in [0.2, 0.25) is 11.8 Å². The molecule has 150 valence electrons. The van der Waals surface area contributed by atoms with Gasteiger partial charge >= 0.3 is 0 Å². The minimum absolute atomic E-state index is 0.122. The van der Waals surface area contributed by atoms with Gasteiger partial charge in [0, 0.05) is 23.5 Å². The first-order chi connectivity index (χ1) is 13.6. The third-order valence-corrected chi connectivity index (χ3v) is 6.44. The van der Waals surface area contributed by atoms with Crippen LogP contribution in [0.5, 0.6) is 0 Å². The summed E-state index contributed by atoms with van der Waals surface area (Å²) in [6.45, 7) is 2.94. The van der Waals surface area contributed by atoms with Crippen molar-refractivity contribution in [3.8, 4) is 11.3 Å². The summed E-state index contributed by atoms with van der Waals surface area (Å²) in [5.41, 5.74) is 1.49. The van der Waals surface area contributed by atoms with Crippen LogP contribution >= 0.6 is 23.1 Å². The number of halogens is 1. The Morgan fingerprint density at radius 1 is 1.29 bits per heavy atom. The average molecular weight is 422 g/mol. The molecule has 2 amide bonds. The van der Waals surface area contributed by atoms with Crippen molar-refractivity contribution in [1.29, 1.82) is 0 Å². The van der Waals surface area contributed by atoms with Gasteiger partial charge in [-0.05, 0) is 49.9 Å². The third kappa shape index (κ3) is 5.54. The number of nitrogens with one attached hydrogen (secondary N) is 1. The second-order valence-corrected chi connectivity index (χ2v) is 8.57. The van der Waals surface area contributed by atoms with Crippen molar-refractivity contribution in [3.63, 3.8) is 0 Å². The highest BCUT2D eigenvalue weighted by atomic mass is 32.2. The first kappa shape index (κ1) is 20.8. The second kappa shape index (κ2) is 10.0. The number of thioether (sulfide) groups is 1. The van der Waals surface area contributed by atoms with E-state index in [1.807, 2.05) is 10.3 Å². The molecule has 28 heavy (non-hydrogen) atoms. The van der Waals surface area contributed by atoms with Crippen molar-refractivity contribution >= 4 is 40.0 Å². The molecule has 1 aromatic heterocycles. The van der Waals surface area contributed by atoms with Crippen molar-refractivity contribution in [1.82, 2.24) is 9.88 Å². The molecule has 0 saturated carbocycles. The Morgan fingerprint density at radius 2 is 2.07 bits per heavy atom. The number of piperidine rings is 1. The molecule has 2 aromatic rings. The van der Waals surface area contributed by atoms with Gasteiger partial charge in [0.05, 0.1) is 17.2 Å². The van der Waals surface area contributed by atoms with E-state index in [4.69, 9.17) is 0 Å². The van der Waals surface area contributed by atoms with E-state index in [1.165, 1.54) is 41.7 Å². The number of carbonyl (C=O) groups is 2. The highest BCUT2D eigenvalue weighted by molar-refractivity contribution is 8.00. The van der Waals surface area contributed by atoms with Gasteiger partial charge in [-0.1, -0.05) is 6.92 Å². The largest absolute Gasteiger partial charge is 0.339 e. The first-order valence-corrected chi connectivity index (χ1v) is 11.5. The van der Waals surface area contributed by atoms with E-state index in [9.17, 15) is 14.0 Å². The molecule has 1 N–H and O–H groups in total. The van der Waals surface area contributed by atoms with Gasteiger partial charge in [-0.25, -0.2) is 9.37 Å². The number of anilines is 1. The zero-order valence-corrected chi connectivity index (χ0v) is 17.5. The summed E-state index contributed by atoms with van der Waals surface area (Å²) in [5.74, 6) is 0.180. The van der Waals surface area contributed by atoms with Crippen molar-refractivity contribution < 1.29 is 14.0 Å². The summed E-state index contributed by atoms with van der Waals surface area (Å²) in [6.07, 6.45) is 4.31. The number of benzene rings is 1. The highest BCUT2D eigenvalue weighted by Crippen LogP contribution is 2.25. The Kier molecular flexibility index (Phi) is 7.44. The van der Waals surface area contributed by atoms with Crippen LogP contribution in [-0.2, 0) is 9.59 Å². The number of rotatable bonds is 7. The molecule has 0 bridgehead atoms. The standard InChI is InChI=1S/C20H24FN3O2S2/c1-2-16-5-3-4-10-24(16)19(26)13-27-12-18(25)23-20-22-17(11-28-20)14-6-8-15(21)9-7-14/h6-9,11,16H,2-5,10,12-13H2,1H3,(H,22,23,25)/t16-/m0/s1. The molecule has 8 heteroatoms. The van der Waals surface area contributed by atoms with Gasteiger partial charge < -0.3 is 10.2 Å². The van der Waals surface area contributed by atoms with E-state index in [2.05, 4.69) is 17.2 Å². The molecule has 1 saturated heterocycles. The minimum atomic E-state index is -0.297. The fourth-order valence-electron chi connectivity index (χ4n) is 3.31. The van der Waals surface area contributed by atoms with Crippen LogP contribution in [-0.4, -0.2) is 45.8 Å². The zero-order valence-electron chi connectivity index (χ0n) is 15.8. The van der Waals surface area contributed by atoms with E-state index in [-0.39, 0.29) is 23.4 Å². The molecule has 1 aromatic carbocycles. The van der Waals surface area contributed by atoms with Crippen LogP contribution in [0.1, 0.15) is 32.6 Å². The monoisotopic (exact) mass is 421 g/mol. The molecule has 1 aliphatic heterocycles. The molecule has 3 rings (SSSR count). The van der Waals surface area contributed by atoms with Crippen LogP contribution < -0.4 is 5.32 Å². The maximum Gasteiger partial charge on any atom is 0.236 e. The number of thiazole rings is 1. The maximum absolute atomic E-state index is 13.0. The normalized spacial score (nSPS) is 16.8. The van der Waals surface area contributed by atoms with E-state index in [0.717, 1.165) is 31.4 Å².